The van der Waals surface area contributed by atoms with Crippen molar-refractivity contribution in [3.05, 3.63) is 83.2 Å². The zero-order valence-electron chi connectivity index (χ0n) is 15.7. The highest BCUT2D eigenvalue weighted by molar-refractivity contribution is 5.92. The van der Waals surface area contributed by atoms with Crippen molar-refractivity contribution < 1.29 is 4.79 Å². The minimum Gasteiger partial charge on any atom is -0.351 e. The van der Waals surface area contributed by atoms with Crippen LogP contribution in [0.2, 0.25) is 0 Å². The van der Waals surface area contributed by atoms with Crippen molar-refractivity contribution in [2.45, 2.75) is 26.7 Å². The maximum atomic E-state index is 12.3. The number of amides is 1. The van der Waals surface area contributed by atoms with E-state index in [-0.39, 0.29) is 5.91 Å². The first-order valence-corrected chi connectivity index (χ1v) is 9.11. The van der Waals surface area contributed by atoms with Crippen LogP contribution in [0, 0.1) is 13.8 Å². The Balaban J connectivity index is 1.55. The molecule has 2 aromatic carbocycles. The minimum absolute atomic E-state index is 0.186. The van der Waals surface area contributed by atoms with Crippen LogP contribution in [0.1, 0.15) is 33.6 Å². The van der Waals surface area contributed by atoms with E-state index in [1.165, 1.54) is 11.1 Å². The summed E-state index contributed by atoms with van der Waals surface area (Å²) in [6.45, 7) is 4.69. The second kappa shape index (κ2) is 8.94. The number of carbonyl (C=O) groups excluding carboxylic acids is 1. The molecule has 0 saturated heterocycles. The number of hydrogen-bond acceptors (Lipinski definition) is 4. The van der Waals surface area contributed by atoms with Gasteiger partial charge in [-0.1, -0.05) is 48.0 Å². The summed E-state index contributed by atoms with van der Waals surface area (Å²) in [7, 11) is 0. The fourth-order valence-electron chi connectivity index (χ4n) is 2.85. The molecule has 0 bridgehead atoms. The predicted octanol–water partition coefficient (Wildman–Crippen LogP) is 4.20. The lowest BCUT2D eigenvalue weighted by atomic mass is 10.1. The molecule has 1 aromatic heterocycles. The van der Waals surface area contributed by atoms with Crippen LogP contribution < -0.4 is 10.6 Å². The van der Waals surface area contributed by atoms with Crippen molar-refractivity contribution in [2.24, 2.45) is 0 Å². The van der Waals surface area contributed by atoms with Gasteiger partial charge in [0.25, 0.3) is 5.91 Å². The Morgan fingerprint density at radius 3 is 2.63 bits per heavy atom. The standard InChI is InChI=1S/C22H24N4O/c1-16-10-11-19(17(2)15-16)25-22-24-14-12-20(26-22)21(27)23-13-6-9-18-7-4-3-5-8-18/h3-5,7-8,10-12,14-15H,6,9,13H2,1-2H3,(H,23,27)(H,24,25,26). The number of benzene rings is 2. The van der Waals surface area contributed by atoms with Crippen LogP contribution in [0.15, 0.2) is 60.8 Å². The van der Waals surface area contributed by atoms with Crippen molar-refractivity contribution in [3.63, 3.8) is 0 Å². The fourth-order valence-corrected chi connectivity index (χ4v) is 2.85. The zero-order chi connectivity index (χ0) is 19.1. The van der Waals surface area contributed by atoms with E-state index < -0.39 is 0 Å². The molecule has 3 rings (SSSR count). The molecule has 1 heterocycles. The van der Waals surface area contributed by atoms with Gasteiger partial charge < -0.3 is 10.6 Å². The number of rotatable bonds is 7. The van der Waals surface area contributed by atoms with Gasteiger partial charge in [-0.05, 0) is 49.9 Å². The number of nitrogens with zero attached hydrogens (tertiary/aromatic N) is 2. The van der Waals surface area contributed by atoms with Crippen LogP contribution in [-0.2, 0) is 6.42 Å². The first-order valence-electron chi connectivity index (χ1n) is 9.11. The van der Waals surface area contributed by atoms with E-state index in [1.807, 2.05) is 37.3 Å². The van der Waals surface area contributed by atoms with Crippen molar-refractivity contribution in [1.29, 1.82) is 0 Å². The van der Waals surface area contributed by atoms with Crippen LogP contribution >= 0.6 is 0 Å². The quantitative estimate of drug-likeness (QED) is 0.620. The largest absolute Gasteiger partial charge is 0.351 e. The van der Waals surface area contributed by atoms with Crippen molar-refractivity contribution in [1.82, 2.24) is 15.3 Å². The van der Waals surface area contributed by atoms with Gasteiger partial charge in [-0.15, -0.1) is 0 Å². The Bertz CT molecular complexity index is 909. The van der Waals surface area contributed by atoms with E-state index in [0.29, 0.717) is 18.2 Å². The Morgan fingerprint density at radius 1 is 1.04 bits per heavy atom. The lowest BCUT2D eigenvalue weighted by molar-refractivity contribution is 0.0948. The molecule has 0 atom stereocenters. The summed E-state index contributed by atoms with van der Waals surface area (Å²) in [4.78, 5) is 20.9. The SMILES string of the molecule is Cc1ccc(Nc2nccc(C(=O)NCCCc3ccccc3)n2)c(C)c1. The van der Waals surface area contributed by atoms with Gasteiger partial charge in [0.15, 0.2) is 0 Å². The molecule has 0 fully saturated rings. The number of aryl methyl sites for hydroxylation is 3. The molecule has 0 unspecified atom stereocenters. The molecule has 27 heavy (non-hydrogen) atoms. The average molecular weight is 360 g/mol. The third-order valence-electron chi connectivity index (χ3n) is 4.29. The van der Waals surface area contributed by atoms with Crippen LogP contribution in [0.5, 0.6) is 0 Å². The number of carbonyl (C=O) groups is 1. The summed E-state index contributed by atoms with van der Waals surface area (Å²) in [5.41, 5.74) is 4.86. The summed E-state index contributed by atoms with van der Waals surface area (Å²) in [6.07, 6.45) is 3.41. The van der Waals surface area contributed by atoms with Gasteiger partial charge >= 0.3 is 0 Å². The molecule has 0 radical (unpaired) electrons. The highest BCUT2D eigenvalue weighted by Crippen LogP contribution is 2.19. The summed E-state index contributed by atoms with van der Waals surface area (Å²) in [6, 6.07) is 18.0. The molecular formula is C22H24N4O. The van der Waals surface area contributed by atoms with Crippen LogP contribution in [-0.4, -0.2) is 22.4 Å². The maximum absolute atomic E-state index is 12.3. The zero-order valence-corrected chi connectivity index (χ0v) is 15.7. The molecule has 5 heteroatoms. The van der Waals surface area contributed by atoms with E-state index in [0.717, 1.165) is 24.1 Å². The van der Waals surface area contributed by atoms with Crippen LogP contribution in [0.4, 0.5) is 11.6 Å². The Kier molecular flexibility index (Phi) is 6.15. The summed E-state index contributed by atoms with van der Waals surface area (Å²) >= 11 is 0. The third-order valence-corrected chi connectivity index (χ3v) is 4.29. The molecule has 5 nitrogen and oxygen atoms in total. The molecule has 2 N–H and O–H groups in total. The van der Waals surface area contributed by atoms with Gasteiger partial charge in [-0.2, -0.15) is 0 Å². The van der Waals surface area contributed by atoms with Crippen LogP contribution in [0.25, 0.3) is 0 Å². The van der Waals surface area contributed by atoms with E-state index in [1.54, 1.807) is 12.3 Å². The Morgan fingerprint density at radius 2 is 1.85 bits per heavy atom. The predicted molar refractivity (Wildman–Crippen MR) is 108 cm³/mol. The topological polar surface area (TPSA) is 66.9 Å². The second-order valence-electron chi connectivity index (χ2n) is 6.55. The van der Waals surface area contributed by atoms with E-state index in [9.17, 15) is 4.79 Å². The lowest BCUT2D eigenvalue weighted by Gasteiger charge is -2.10. The Labute approximate surface area is 159 Å². The number of anilines is 2. The Hall–Kier alpha value is -3.21. The molecule has 1 amide bonds. The molecule has 0 saturated carbocycles. The second-order valence-corrected chi connectivity index (χ2v) is 6.55. The molecule has 0 aliphatic carbocycles. The minimum atomic E-state index is -0.186. The number of nitrogens with one attached hydrogen (secondary N) is 2. The first-order chi connectivity index (χ1) is 13.1. The average Bonchev–Trinajstić information content (AvgIpc) is 2.68. The van der Waals surface area contributed by atoms with Crippen LogP contribution in [0.3, 0.4) is 0 Å². The lowest BCUT2D eigenvalue weighted by Crippen LogP contribution is -2.26. The normalized spacial score (nSPS) is 10.4. The van der Waals surface area contributed by atoms with Crippen molar-refractivity contribution in [3.8, 4) is 0 Å². The molecule has 3 aromatic rings. The highest BCUT2D eigenvalue weighted by Gasteiger charge is 2.09. The number of aromatic nitrogens is 2. The van der Waals surface area contributed by atoms with Gasteiger partial charge in [0.2, 0.25) is 5.95 Å². The van der Waals surface area contributed by atoms with Gasteiger partial charge in [-0.3, -0.25) is 4.79 Å². The first kappa shape index (κ1) is 18.6. The molecule has 138 valence electrons. The monoisotopic (exact) mass is 360 g/mol. The molecule has 0 aliphatic rings. The molecule has 0 spiro atoms. The summed E-state index contributed by atoms with van der Waals surface area (Å²) in [5, 5.41) is 6.10. The van der Waals surface area contributed by atoms with Gasteiger partial charge in [0, 0.05) is 18.4 Å². The maximum Gasteiger partial charge on any atom is 0.270 e. The highest BCUT2D eigenvalue weighted by atomic mass is 16.1. The van der Waals surface area contributed by atoms with E-state index >= 15 is 0 Å². The molecule has 0 aliphatic heterocycles. The van der Waals surface area contributed by atoms with E-state index in [4.69, 9.17) is 0 Å². The smallest absolute Gasteiger partial charge is 0.270 e. The fraction of sp³-hybridized carbons (Fsp3) is 0.227. The van der Waals surface area contributed by atoms with Crippen molar-refractivity contribution >= 4 is 17.5 Å². The van der Waals surface area contributed by atoms with Gasteiger partial charge in [-0.25, -0.2) is 9.97 Å². The third kappa shape index (κ3) is 5.38. The summed E-state index contributed by atoms with van der Waals surface area (Å²) in [5.74, 6) is 0.230. The van der Waals surface area contributed by atoms with E-state index in [2.05, 4.69) is 45.7 Å². The van der Waals surface area contributed by atoms with Crippen molar-refractivity contribution in [2.75, 3.05) is 11.9 Å². The van der Waals surface area contributed by atoms with Gasteiger partial charge in [0.1, 0.15) is 5.69 Å². The summed E-state index contributed by atoms with van der Waals surface area (Å²) < 4.78 is 0. The number of hydrogen-bond donors (Lipinski definition) is 2. The van der Waals surface area contributed by atoms with Gasteiger partial charge in [0.05, 0.1) is 0 Å². The molecular weight excluding hydrogens is 336 g/mol.